The first-order chi connectivity index (χ1) is 14.8. The molecule has 0 fully saturated rings. The van der Waals surface area contributed by atoms with E-state index in [0.717, 1.165) is 47.6 Å². The summed E-state index contributed by atoms with van der Waals surface area (Å²) in [4.78, 5) is 1.11. The lowest BCUT2D eigenvalue weighted by Crippen LogP contribution is -2.25. The highest BCUT2D eigenvalue weighted by Crippen LogP contribution is 2.30. The molecule has 0 aliphatic heterocycles. The minimum atomic E-state index is -4.35. The second-order valence-electron chi connectivity index (χ2n) is 7.27. The molecule has 3 nitrogen and oxygen atoms in total. The number of rotatable bonds is 13. The number of halogens is 3. The van der Waals surface area contributed by atoms with Crippen molar-refractivity contribution in [1.29, 1.82) is 0 Å². The zero-order valence-corrected chi connectivity index (χ0v) is 19.2. The van der Waals surface area contributed by atoms with E-state index in [4.69, 9.17) is 14.2 Å². The lowest BCUT2D eigenvalue weighted by atomic mass is 10.2. The van der Waals surface area contributed by atoms with Crippen molar-refractivity contribution in [3.8, 4) is 11.5 Å². The van der Waals surface area contributed by atoms with Gasteiger partial charge in [0.25, 0.3) is 0 Å². The molecule has 0 spiro atoms. The molecule has 0 heterocycles. The summed E-state index contributed by atoms with van der Waals surface area (Å²) in [6.07, 6.45) is -1.58. The van der Waals surface area contributed by atoms with Crippen LogP contribution in [0.5, 0.6) is 11.5 Å². The minimum absolute atomic E-state index is 0.171. The summed E-state index contributed by atoms with van der Waals surface area (Å²) in [6.45, 7) is 7.79. The van der Waals surface area contributed by atoms with Crippen molar-refractivity contribution in [2.24, 2.45) is 0 Å². The van der Waals surface area contributed by atoms with Crippen molar-refractivity contribution in [3.63, 3.8) is 0 Å². The molecule has 0 N–H and O–H groups in total. The standard InChI is InChI=1S/C24H31F3O3S/c1-4-6-14-28-21(16-30-20-9-7-19(8-10-20)24(25,26)27)17-31-22-11-12-23(18(3)15-22)29-13-5-2/h7-12,15,21H,4-6,13-14,16-17H2,1-3H3. The van der Waals surface area contributed by atoms with Gasteiger partial charge in [0.15, 0.2) is 0 Å². The van der Waals surface area contributed by atoms with Gasteiger partial charge >= 0.3 is 6.18 Å². The highest BCUT2D eigenvalue weighted by molar-refractivity contribution is 7.99. The summed E-state index contributed by atoms with van der Waals surface area (Å²) < 4.78 is 55.5. The molecule has 1 unspecified atom stereocenters. The van der Waals surface area contributed by atoms with Gasteiger partial charge < -0.3 is 14.2 Å². The maximum atomic E-state index is 12.7. The normalized spacial score (nSPS) is 12.6. The molecule has 0 radical (unpaired) electrons. The van der Waals surface area contributed by atoms with E-state index in [1.807, 2.05) is 19.1 Å². The number of unbranched alkanes of at least 4 members (excludes halogenated alkanes) is 1. The van der Waals surface area contributed by atoms with Crippen LogP contribution in [0.3, 0.4) is 0 Å². The molecule has 0 bridgehead atoms. The molecule has 172 valence electrons. The Morgan fingerprint density at radius 2 is 1.68 bits per heavy atom. The average Bonchev–Trinajstić information content (AvgIpc) is 2.74. The van der Waals surface area contributed by atoms with Crippen LogP contribution in [0, 0.1) is 6.92 Å². The molecule has 1 atom stereocenters. The molecule has 0 saturated carbocycles. The van der Waals surface area contributed by atoms with Gasteiger partial charge in [-0.1, -0.05) is 20.3 Å². The van der Waals surface area contributed by atoms with Crippen molar-refractivity contribution < 1.29 is 27.4 Å². The number of hydrogen-bond acceptors (Lipinski definition) is 4. The molecule has 2 aromatic rings. The Kier molecular flexibility index (Phi) is 10.5. The average molecular weight is 457 g/mol. The van der Waals surface area contributed by atoms with Gasteiger partial charge in [0.1, 0.15) is 24.2 Å². The molecule has 0 saturated heterocycles. The fraction of sp³-hybridized carbons (Fsp3) is 0.500. The van der Waals surface area contributed by atoms with Crippen molar-refractivity contribution in [3.05, 3.63) is 53.6 Å². The van der Waals surface area contributed by atoms with Crippen LogP contribution in [-0.4, -0.2) is 31.7 Å². The van der Waals surface area contributed by atoms with Gasteiger partial charge in [-0.25, -0.2) is 0 Å². The van der Waals surface area contributed by atoms with Gasteiger partial charge in [-0.3, -0.25) is 0 Å². The van der Waals surface area contributed by atoms with Crippen molar-refractivity contribution in [2.45, 2.75) is 57.2 Å². The van der Waals surface area contributed by atoms with E-state index >= 15 is 0 Å². The molecule has 0 aliphatic rings. The number of hydrogen-bond donors (Lipinski definition) is 0. The molecule has 0 aliphatic carbocycles. The minimum Gasteiger partial charge on any atom is -0.493 e. The maximum absolute atomic E-state index is 12.7. The fourth-order valence-electron chi connectivity index (χ4n) is 2.74. The van der Waals surface area contributed by atoms with Crippen molar-refractivity contribution in [1.82, 2.24) is 0 Å². The molecule has 0 amide bonds. The predicted molar refractivity (Wildman–Crippen MR) is 119 cm³/mol. The summed E-state index contributed by atoms with van der Waals surface area (Å²) in [5.74, 6) is 1.97. The van der Waals surface area contributed by atoms with Crippen LogP contribution in [0.15, 0.2) is 47.4 Å². The fourth-order valence-corrected chi connectivity index (χ4v) is 3.74. The SMILES string of the molecule is CCCCOC(COc1ccc(C(F)(F)F)cc1)CSc1ccc(OCCC)c(C)c1. The molecular weight excluding hydrogens is 425 g/mol. The Morgan fingerprint density at radius 3 is 2.29 bits per heavy atom. The van der Waals surface area contributed by atoms with Gasteiger partial charge in [-0.05, 0) is 67.8 Å². The van der Waals surface area contributed by atoms with Gasteiger partial charge in [-0.2, -0.15) is 13.2 Å². The van der Waals surface area contributed by atoms with Gasteiger partial charge in [0.05, 0.1) is 12.2 Å². The lowest BCUT2D eigenvalue weighted by molar-refractivity contribution is -0.137. The number of aryl methyl sites for hydroxylation is 1. The first-order valence-electron chi connectivity index (χ1n) is 10.6. The number of thioether (sulfide) groups is 1. The summed E-state index contributed by atoms with van der Waals surface area (Å²) in [6, 6.07) is 10.9. The summed E-state index contributed by atoms with van der Waals surface area (Å²) >= 11 is 1.66. The third-order valence-electron chi connectivity index (χ3n) is 4.51. The Hall–Kier alpha value is -1.86. The summed E-state index contributed by atoms with van der Waals surface area (Å²) in [5, 5.41) is 0. The van der Waals surface area contributed by atoms with E-state index in [1.165, 1.54) is 12.1 Å². The summed E-state index contributed by atoms with van der Waals surface area (Å²) in [5.41, 5.74) is 0.399. The Morgan fingerprint density at radius 1 is 0.935 bits per heavy atom. The van der Waals surface area contributed by atoms with Crippen LogP contribution in [0.1, 0.15) is 44.2 Å². The van der Waals surface area contributed by atoms with E-state index in [-0.39, 0.29) is 12.7 Å². The summed E-state index contributed by atoms with van der Waals surface area (Å²) in [7, 11) is 0. The van der Waals surface area contributed by atoms with E-state index in [2.05, 4.69) is 19.9 Å². The van der Waals surface area contributed by atoms with Gasteiger partial charge in [0, 0.05) is 17.3 Å². The monoisotopic (exact) mass is 456 g/mol. The second-order valence-corrected chi connectivity index (χ2v) is 8.36. The number of ether oxygens (including phenoxy) is 3. The topological polar surface area (TPSA) is 27.7 Å². The van der Waals surface area contributed by atoms with E-state index in [1.54, 1.807) is 11.8 Å². The van der Waals surface area contributed by atoms with Crippen LogP contribution in [0.25, 0.3) is 0 Å². The second kappa shape index (κ2) is 12.9. The molecule has 31 heavy (non-hydrogen) atoms. The molecule has 2 rings (SSSR count). The molecule has 7 heteroatoms. The Balaban J connectivity index is 1.93. The van der Waals surface area contributed by atoms with E-state index in [9.17, 15) is 13.2 Å². The highest BCUT2D eigenvalue weighted by atomic mass is 32.2. The van der Waals surface area contributed by atoms with Crippen LogP contribution in [0.4, 0.5) is 13.2 Å². The first-order valence-corrected chi connectivity index (χ1v) is 11.6. The third-order valence-corrected chi connectivity index (χ3v) is 5.64. The Labute approximate surface area is 187 Å². The largest absolute Gasteiger partial charge is 0.493 e. The molecule has 2 aromatic carbocycles. The van der Waals surface area contributed by atoms with Crippen LogP contribution in [-0.2, 0) is 10.9 Å². The van der Waals surface area contributed by atoms with Crippen LogP contribution in [0.2, 0.25) is 0 Å². The van der Waals surface area contributed by atoms with Gasteiger partial charge in [-0.15, -0.1) is 11.8 Å². The quantitative estimate of drug-likeness (QED) is 0.236. The lowest BCUT2D eigenvalue weighted by Gasteiger charge is -2.19. The number of alkyl halides is 3. The Bertz CT molecular complexity index is 779. The van der Waals surface area contributed by atoms with Crippen molar-refractivity contribution >= 4 is 11.8 Å². The number of benzene rings is 2. The molecule has 0 aromatic heterocycles. The van der Waals surface area contributed by atoms with Crippen LogP contribution < -0.4 is 9.47 Å². The molecular formula is C24H31F3O3S. The third kappa shape index (κ3) is 9.03. The zero-order chi connectivity index (χ0) is 22.7. The van der Waals surface area contributed by atoms with E-state index in [0.29, 0.717) is 24.7 Å². The van der Waals surface area contributed by atoms with E-state index < -0.39 is 11.7 Å². The van der Waals surface area contributed by atoms with Gasteiger partial charge in [0.2, 0.25) is 0 Å². The van der Waals surface area contributed by atoms with Crippen LogP contribution >= 0.6 is 11.8 Å². The smallest absolute Gasteiger partial charge is 0.416 e. The zero-order valence-electron chi connectivity index (χ0n) is 18.3. The maximum Gasteiger partial charge on any atom is 0.416 e. The van der Waals surface area contributed by atoms with Crippen molar-refractivity contribution in [2.75, 3.05) is 25.6 Å². The highest BCUT2D eigenvalue weighted by Gasteiger charge is 2.30. The predicted octanol–water partition coefficient (Wildman–Crippen LogP) is 7.16. The first kappa shape index (κ1) is 25.4.